The molecule has 0 spiro atoms. The highest BCUT2D eigenvalue weighted by atomic mass is 16.6. The van der Waals surface area contributed by atoms with Crippen molar-refractivity contribution < 1.29 is 14.8 Å². The number of aryl methyl sites for hydroxylation is 1. The number of carbonyl (C=O) groups is 1. The monoisotopic (exact) mass is 296 g/mol. The molecule has 2 heterocycles. The summed E-state index contributed by atoms with van der Waals surface area (Å²) < 4.78 is 1.62. The van der Waals surface area contributed by atoms with E-state index in [1.807, 2.05) is 11.8 Å². The molecule has 8 nitrogen and oxygen atoms in total. The van der Waals surface area contributed by atoms with Crippen molar-refractivity contribution in [2.75, 3.05) is 18.0 Å². The largest absolute Gasteiger partial charge is 0.481 e. The number of aromatic nitrogens is 2. The number of rotatable bonds is 5. The van der Waals surface area contributed by atoms with Gasteiger partial charge >= 0.3 is 11.8 Å². The second kappa shape index (κ2) is 5.71. The average molecular weight is 296 g/mol. The van der Waals surface area contributed by atoms with Crippen molar-refractivity contribution in [3.63, 3.8) is 0 Å². The van der Waals surface area contributed by atoms with Crippen LogP contribution in [0.15, 0.2) is 6.33 Å². The quantitative estimate of drug-likeness (QED) is 0.656. The molecule has 1 aliphatic rings. The highest BCUT2D eigenvalue weighted by Crippen LogP contribution is 2.39. The molecule has 1 N–H and O–H groups in total. The van der Waals surface area contributed by atoms with Crippen molar-refractivity contribution in [3.8, 4) is 0 Å². The van der Waals surface area contributed by atoms with E-state index >= 15 is 0 Å². The molecule has 0 aliphatic carbocycles. The first-order chi connectivity index (χ1) is 9.91. The number of anilines is 1. The Kier molecular flexibility index (Phi) is 4.15. The van der Waals surface area contributed by atoms with E-state index < -0.39 is 16.3 Å². The molecule has 1 saturated heterocycles. The van der Waals surface area contributed by atoms with Gasteiger partial charge in [0.25, 0.3) is 0 Å². The molecular weight excluding hydrogens is 276 g/mol. The molecule has 0 amide bonds. The molecule has 1 fully saturated rings. The summed E-state index contributed by atoms with van der Waals surface area (Å²) in [5, 5.41) is 20.5. The number of imidazole rings is 1. The summed E-state index contributed by atoms with van der Waals surface area (Å²) in [6.07, 6.45) is 3.87. The van der Waals surface area contributed by atoms with E-state index in [2.05, 4.69) is 4.98 Å². The van der Waals surface area contributed by atoms with Gasteiger partial charge in [-0.3, -0.25) is 9.36 Å². The Hall–Kier alpha value is -2.12. The number of aliphatic carboxylic acids is 1. The lowest BCUT2D eigenvalue weighted by Gasteiger charge is -2.39. The van der Waals surface area contributed by atoms with E-state index in [0.717, 1.165) is 6.42 Å². The van der Waals surface area contributed by atoms with Gasteiger partial charge in [-0.25, -0.2) is 0 Å². The Morgan fingerprint density at radius 3 is 2.62 bits per heavy atom. The third kappa shape index (κ3) is 2.70. The van der Waals surface area contributed by atoms with Crippen molar-refractivity contribution in [3.05, 3.63) is 16.4 Å². The van der Waals surface area contributed by atoms with Crippen LogP contribution in [0.1, 0.15) is 32.6 Å². The Morgan fingerprint density at radius 1 is 1.52 bits per heavy atom. The van der Waals surface area contributed by atoms with Crippen LogP contribution in [0.4, 0.5) is 11.6 Å². The Bertz CT molecular complexity index is 546. The zero-order valence-electron chi connectivity index (χ0n) is 12.3. The number of nitrogens with zero attached hydrogens (tertiary/aromatic N) is 4. The van der Waals surface area contributed by atoms with Crippen LogP contribution in [0.2, 0.25) is 0 Å². The molecule has 21 heavy (non-hydrogen) atoms. The SMILES string of the molecule is CCCC1(C(=O)O)CCN(c2c([N+](=O)[O-])ncn2C)CC1. The minimum absolute atomic E-state index is 0.171. The maximum Gasteiger partial charge on any atom is 0.406 e. The first kappa shape index (κ1) is 15.3. The zero-order chi connectivity index (χ0) is 15.6. The van der Waals surface area contributed by atoms with Crippen LogP contribution >= 0.6 is 0 Å². The Balaban J connectivity index is 2.19. The van der Waals surface area contributed by atoms with Gasteiger partial charge in [-0.05, 0) is 29.2 Å². The fraction of sp³-hybridized carbons (Fsp3) is 0.692. The van der Waals surface area contributed by atoms with Crippen LogP contribution < -0.4 is 4.90 Å². The second-order valence-corrected chi connectivity index (χ2v) is 5.58. The maximum absolute atomic E-state index is 11.6. The number of piperidine rings is 1. The minimum atomic E-state index is -0.761. The molecule has 1 aromatic heterocycles. The number of hydrogen-bond donors (Lipinski definition) is 1. The summed E-state index contributed by atoms with van der Waals surface area (Å²) in [4.78, 5) is 27.7. The molecule has 1 aromatic rings. The van der Waals surface area contributed by atoms with Gasteiger partial charge in [-0.15, -0.1) is 0 Å². The lowest BCUT2D eigenvalue weighted by atomic mass is 9.75. The predicted octanol–water partition coefficient (Wildman–Crippen LogP) is 1.80. The van der Waals surface area contributed by atoms with Crippen LogP contribution in [-0.4, -0.2) is 38.6 Å². The fourth-order valence-electron chi connectivity index (χ4n) is 3.10. The number of nitro groups is 1. The van der Waals surface area contributed by atoms with Gasteiger partial charge in [0.15, 0.2) is 0 Å². The third-order valence-electron chi connectivity index (χ3n) is 4.26. The van der Waals surface area contributed by atoms with Gasteiger partial charge in [-0.2, -0.15) is 0 Å². The second-order valence-electron chi connectivity index (χ2n) is 5.58. The van der Waals surface area contributed by atoms with Crippen LogP contribution in [0.5, 0.6) is 0 Å². The molecule has 1 aliphatic heterocycles. The summed E-state index contributed by atoms with van der Waals surface area (Å²) in [7, 11) is 1.71. The first-order valence-corrected chi connectivity index (χ1v) is 7.05. The number of carboxylic acid groups (broad SMARTS) is 1. The van der Waals surface area contributed by atoms with Crippen molar-refractivity contribution in [2.24, 2.45) is 12.5 Å². The molecule has 0 unspecified atom stereocenters. The van der Waals surface area contributed by atoms with Gasteiger partial charge in [0.2, 0.25) is 12.1 Å². The smallest absolute Gasteiger partial charge is 0.406 e. The average Bonchev–Trinajstić information content (AvgIpc) is 2.82. The van der Waals surface area contributed by atoms with Crippen molar-refractivity contribution in [2.45, 2.75) is 32.6 Å². The van der Waals surface area contributed by atoms with Crippen LogP contribution in [-0.2, 0) is 11.8 Å². The van der Waals surface area contributed by atoms with Crippen molar-refractivity contribution >= 4 is 17.6 Å². The van der Waals surface area contributed by atoms with E-state index in [4.69, 9.17) is 0 Å². The minimum Gasteiger partial charge on any atom is -0.481 e. The highest BCUT2D eigenvalue weighted by molar-refractivity contribution is 5.75. The third-order valence-corrected chi connectivity index (χ3v) is 4.26. The standard InChI is InChI=1S/C13H20N4O4/c1-3-4-13(12(18)19)5-7-16(8-6-13)11-10(17(20)21)14-9-15(11)2/h9H,3-8H2,1-2H3,(H,18,19). The van der Waals surface area contributed by atoms with Gasteiger partial charge in [0.05, 0.1) is 5.41 Å². The normalized spacial score (nSPS) is 17.7. The van der Waals surface area contributed by atoms with Crippen molar-refractivity contribution in [1.82, 2.24) is 9.55 Å². The zero-order valence-corrected chi connectivity index (χ0v) is 12.3. The molecule has 2 rings (SSSR count). The van der Waals surface area contributed by atoms with Crippen LogP contribution in [0, 0.1) is 15.5 Å². The predicted molar refractivity (Wildman–Crippen MR) is 76.3 cm³/mol. The molecule has 0 bridgehead atoms. The van der Waals surface area contributed by atoms with E-state index in [9.17, 15) is 20.0 Å². The molecule has 8 heteroatoms. The summed E-state index contributed by atoms with van der Waals surface area (Å²) in [5.74, 6) is -0.477. The molecule has 0 aromatic carbocycles. The Morgan fingerprint density at radius 2 is 2.14 bits per heavy atom. The lowest BCUT2D eigenvalue weighted by Crippen LogP contribution is -2.45. The summed E-state index contributed by atoms with van der Waals surface area (Å²) in [5.41, 5.74) is -0.696. The highest BCUT2D eigenvalue weighted by Gasteiger charge is 2.42. The fourth-order valence-corrected chi connectivity index (χ4v) is 3.10. The van der Waals surface area contributed by atoms with Gasteiger partial charge in [0.1, 0.15) is 0 Å². The lowest BCUT2D eigenvalue weighted by molar-refractivity contribution is -0.388. The number of carboxylic acids is 1. The first-order valence-electron chi connectivity index (χ1n) is 7.05. The Labute approximate surface area is 122 Å². The van der Waals surface area contributed by atoms with Crippen LogP contribution in [0.25, 0.3) is 0 Å². The van der Waals surface area contributed by atoms with Gasteiger partial charge < -0.3 is 20.1 Å². The van der Waals surface area contributed by atoms with Gasteiger partial charge in [-0.1, -0.05) is 13.3 Å². The maximum atomic E-state index is 11.6. The number of hydrogen-bond acceptors (Lipinski definition) is 5. The molecular formula is C13H20N4O4. The summed E-state index contributed by atoms with van der Waals surface area (Å²) in [6, 6.07) is 0. The topological polar surface area (TPSA) is 102 Å². The summed E-state index contributed by atoms with van der Waals surface area (Å²) in [6.45, 7) is 2.96. The molecule has 0 radical (unpaired) electrons. The van der Waals surface area contributed by atoms with Crippen molar-refractivity contribution in [1.29, 1.82) is 0 Å². The van der Waals surface area contributed by atoms with Crippen LogP contribution in [0.3, 0.4) is 0 Å². The molecule has 0 saturated carbocycles. The van der Waals surface area contributed by atoms with E-state index in [1.165, 1.54) is 6.33 Å². The summed E-state index contributed by atoms with van der Waals surface area (Å²) >= 11 is 0. The molecule has 116 valence electrons. The molecule has 0 atom stereocenters. The van der Waals surface area contributed by atoms with Gasteiger partial charge in [0, 0.05) is 20.1 Å². The van der Waals surface area contributed by atoms with E-state index in [0.29, 0.717) is 38.2 Å². The van der Waals surface area contributed by atoms with E-state index in [-0.39, 0.29) is 5.82 Å². The van der Waals surface area contributed by atoms with E-state index in [1.54, 1.807) is 11.6 Å².